The summed E-state index contributed by atoms with van der Waals surface area (Å²) in [5.74, 6) is 1.57. The van der Waals surface area contributed by atoms with E-state index in [1.54, 1.807) is 21.3 Å². The van der Waals surface area contributed by atoms with Gasteiger partial charge in [0.05, 0.1) is 26.3 Å². The van der Waals surface area contributed by atoms with Crippen LogP contribution in [0.1, 0.15) is 48.1 Å². The highest BCUT2D eigenvalue weighted by atomic mass is 16.5. The second kappa shape index (κ2) is 8.97. The van der Waals surface area contributed by atoms with Gasteiger partial charge in [-0.3, -0.25) is 9.69 Å². The average molecular weight is 453 g/mol. The van der Waals surface area contributed by atoms with Gasteiger partial charge < -0.3 is 24.2 Å². The molecule has 1 amide bonds. The van der Waals surface area contributed by atoms with Gasteiger partial charge in [-0.05, 0) is 42.9 Å². The number of methoxy groups -OCH3 is 3. The molecule has 3 heterocycles. The molecule has 1 N–H and O–H groups in total. The quantitative estimate of drug-likeness (QED) is 0.726. The van der Waals surface area contributed by atoms with E-state index in [4.69, 9.17) is 14.2 Å². The molecule has 5 atom stereocenters. The van der Waals surface area contributed by atoms with Gasteiger partial charge in [0.1, 0.15) is 23.8 Å². The maximum atomic E-state index is 13.7. The molecular weight excluding hydrogens is 420 g/mol. The van der Waals surface area contributed by atoms with E-state index in [0.717, 1.165) is 53.9 Å². The van der Waals surface area contributed by atoms with E-state index in [0.29, 0.717) is 6.54 Å². The van der Waals surface area contributed by atoms with Crippen molar-refractivity contribution in [3.63, 3.8) is 0 Å². The van der Waals surface area contributed by atoms with Gasteiger partial charge in [0, 0.05) is 31.3 Å². The van der Waals surface area contributed by atoms with Gasteiger partial charge in [0.15, 0.2) is 0 Å². The van der Waals surface area contributed by atoms with E-state index >= 15 is 0 Å². The molecule has 2 aromatic rings. The summed E-state index contributed by atoms with van der Waals surface area (Å²) in [6.45, 7) is 0.663. The minimum absolute atomic E-state index is 0.0286. The zero-order chi connectivity index (χ0) is 23.1. The maximum absolute atomic E-state index is 13.7. The Morgan fingerprint density at radius 3 is 2.55 bits per heavy atom. The largest absolute Gasteiger partial charge is 0.497 e. The molecule has 3 aliphatic heterocycles. The Hall–Kier alpha value is -2.61. The van der Waals surface area contributed by atoms with Crippen LogP contribution in [0.15, 0.2) is 42.5 Å². The first-order valence-electron chi connectivity index (χ1n) is 11.7. The Balaban J connectivity index is 1.58. The van der Waals surface area contributed by atoms with Crippen molar-refractivity contribution in [2.24, 2.45) is 0 Å². The van der Waals surface area contributed by atoms with Gasteiger partial charge in [-0.1, -0.05) is 30.3 Å². The Labute approximate surface area is 194 Å². The lowest BCUT2D eigenvalue weighted by molar-refractivity contribution is -0.192. The molecule has 0 aliphatic carbocycles. The van der Waals surface area contributed by atoms with Crippen LogP contribution in [-0.2, 0) is 16.0 Å². The summed E-state index contributed by atoms with van der Waals surface area (Å²) in [6.07, 6.45) is 1.86. The third-order valence-corrected chi connectivity index (χ3v) is 7.52. The third kappa shape index (κ3) is 3.59. The van der Waals surface area contributed by atoms with Crippen molar-refractivity contribution in [3.05, 3.63) is 59.2 Å². The van der Waals surface area contributed by atoms with Crippen molar-refractivity contribution in [3.8, 4) is 11.5 Å². The van der Waals surface area contributed by atoms with Gasteiger partial charge in [-0.2, -0.15) is 0 Å². The third-order valence-electron chi connectivity index (χ3n) is 7.52. The van der Waals surface area contributed by atoms with Gasteiger partial charge in [0.25, 0.3) is 0 Å². The van der Waals surface area contributed by atoms with Crippen LogP contribution in [0.5, 0.6) is 11.5 Å². The molecule has 2 aromatic carbocycles. The van der Waals surface area contributed by atoms with Crippen LogP contribution in [-0.4, -0.2) is 67.0 Å². The second-order valence-electron chi connectivity index (χ2n) is 9.07. The lowest BCUT2D eigenvalue weighted by Crippen LogP contribution is -2.68. The Bertz CT molecular complexity index is 996. The second-order valence-corrected chi connectivity index (χ2v) is 9.07. The number of rotatable bonds is 6. The summed E-state index contributed by atoms with van der Waals surface area (Å²) >= 11 is 0. The van der Waals surface area contributed by atoms with Crippen molar-refractivity contribution < 1.29 is 24.1 Å². The van der Waals surface area contributed by atoms with Crippen LogP contribution < -0.4 is 9.47 Å². The lowest BCUT2D eigenvalue weighted by Gasteiger charge is -2.57. The number of fused-ring (bicyclic) bond motifs is 6. The normalized spacial score (nSPS) is 26.2. The minimum Gasteiger partial charge on any atom is -0.497 e. The summed E-state index contributed by atoms with van der Waals surface area (Å²) in [6, 6.07) is 13.1. The maximum Gasteiger partial charge on any atom is 0.240 e. The Morgan fingerprint density at radius 2 is 1.85 bits per heavy atom. The van der Waals surface area contributed by atoms with Crippen LogP contribution in [0.4, 0.5) is 0 Å². The van der Waals surface area contributed by atoms with E-state index in [1.165, 1.54) is 0 Å². The van der Waals surface area contributed by atoms with E-state index in [9.17, 15) is 9.90 Å². The molecule has 176 valence electrons. The van der Waals surface area contributed by atoms with E-state index in [1.807, 2.05) is 46.2 Å². The highest BCUT2D eigenvalue weighted by molar-refractivity contribution is 5.84. The van der Waals surface area contributed by atoms with Gasteiger partial charge in [0.2, 0.25) is 5.91 Å². The smallest absolute Gasteiger partial charge is 0.240 e. The highest BCUT2D eigenvalue weighted by Crippen LogP contribution is 2.49. The van der Waals surface area contributed by atoms with Crippen LogP contribution in [0.2, 0.25) is 0 Å². The molecule has 0 spiro atoms. The number of aliphatic hydroxyl groups excluding tert-OH is 1. The van der Waals surface area contributed by atoms with Crippen LogP contribution >= 0.6 is 0 Å². The summed E-state index contributed by atoms with van der Waals surface area (Å²) in [5.41, 5.74) is 3.08. The number of ether oxygens (including phenoxy) is 3. The number of aliphatic hydroxyl groups is 1. The fourth-order valence-electron chi connectivity index (χ4n) is 6.09. The van der Waals surface area contributed by atoms with Crippen molar-refractivity contribution in [2.75, 3.05) is 27.9 Å². The molecule has 5 unspecified atom stereocenters. The standard InChI is InChI=1S/C26H32N2O5/c1-31-18-14-17-12-13-27-23(22(17)21(15-18)32-2)19-10-7-11-20(25(27)29)28(19)26(30)24(33-3)16-8-5-4-6-9-16/h4-6,8-9,14-15,19-20,23-24,26,30H,7,10-13H2,1-3H3. The lowest BCUT2D eigenvalue weighted by atomic mass is 9.77. The summed E-state index contributed by atoms with van der Waals surface area (Å²) in [4.78, 5) is 17.8. The molecule has 3 aliphatic rings. The van der Waals surface area contributed by atoms with Gasteiger partial charge >= 0.3 is 0 Å². The summed E-state index contributed by atoms with van der Waals surface area (Å²) in [5, 5.41) is 11.6. The number of carbonyl (C=O) groups is 1. The van der Waals surface area contributed by atoms with Crippen LogP contribution in [0, 0.1) is 0 Å². The first kappa shape index (κ1) is 22.2. The Kier molecular flexibility index (Phi) is 6.03. The average Bonchev–Trinajstić information content (AvgIpc) is 2.86. The molecule has 33 heavy (non-hydrogen) atoms. The SMILES string of the molecule is COc1cc2c(c(OC)c1)C1C3CCCC(C(=O)N1CC2)N3C(O)C(OC)c1ccccc1. The van der Waals surface area contributed by atoms with Crippen LogP contribution in [0.3, 0.4) is 0 Å². The predicted octanol–water partition coefficient (Wildman–Crippen LogP) is 3.07. The number of piperidine rings is 1. The van der Waals surface area contributed by atoms with E-state index < -0.39 is 12.3 Å². The number of benzene rings is 2. The number of carbonyl (C=O) groups excluding carboxylic acids is 1. The number of piperazine rings is 1. The van der Waals surface area contributed by atoms with Crippen molar-refractivity contribution in [1.82, 2.24) is 9.80 Å². The topological polar surface area (TPSA) is 71.5 Å². The molecular formula is C26H32N2O5. The van der Waals surface area contributed by atoms with Gasteiger partial charge in [-0.25, -0.2) is 0 Å². The fraction of sp³-hybridized carbons (Fsp3) is 0.500. The molecule has 2 bridgehead atoms. The molecule has 7 nitrogen and oxygen atoms in total. The fourth-order valence-corrected chi connectivity index (χ4v) is 6.09. The minimum atomic E-state index is -0.937. The van der Waals surface area contributed by atoms with Crippen molar-refractivity contribution in [2.45, 2.75) is 56.1 Å². The van der Waals surface area contributed by atoms with E-state index in [-0.39, 0.29) is 24.0 Å². The number of hydrogen-bond acceptors (Lipinski definition) is 6. The van der Waals surface area contributed by atoms with E-state index in [2.05, 4.69) is 6.07 Å². The summed E-state index contributed by atoms with van der Waals surface area (Å²) in [7, 11) is 4.92. The highest BCUT2D eigenvalue weighted by Gasteiger charge is 2.54. The number of hydrogen-bond donors (Lipinski definition) is 1. The van der Waals surface area contributed by atoms with Crippen molar-refractivity contribution >= 4 is 5.91 Å². The first-order valence-corrected chi connectivity index (χ1v) is 11.7. The van der Waals surface area contributed by atoms with Crippen molar-refractivity contribution in [1.29, 1.82) is 0 Å². The number of nitrogens with zero attached hydrogens (tertiary/aromatic N) is 2. The molecule has 0 saturated carbocycles. The zero-order valence-corrected chi connectivity index (χ0v) is 19.4. The molecule has 7 heteroatoms. The molecule has 2 saturated heterocycles. The van der Waals surface area contributed by atoms with Gasteiger partial charge in [-0.15, -0.1) is 0 Å². The molecule has 0 radical (unpaired) electrons. The predicted molar refractivity (Wildman–Crippen MR) is 123 cm³/mol. The molecule has 5 rings (SSSR count). The summed E-state index contributed by atoms with van der Waals surface area (Å²) < 4.78 is 17.0. The Morgan fingerprint density at radius 1 is 1.06 bits per heavy atom. The molecule has 2 fully saturated rings. The molecule has 0 aromatic heterocycles. The first-order chi connectivity index (χ1) is 16.1. The number of amides is 1. The zero-order valence-electron chi connectivity index (χ0n) is 19.4. The van der Waals surface area contributed by atoms with Crippen LogP contribution in [0.25, 0.3) is 0 Å². The monoisotopic (exact) mass is 452 g/mol.